The van der Waals surface area contributed by atoms with Crippen LogP contribution >= 0.6 is 11.8 Å². The maximum Gasteiger partial charge on any atom is 0.292 e. The predicted molar refractivity (Wildman–Crippen MR) is 97.2 cm³/mol. The molecule has 0 bridgehead atoms. The number of nitrogens with zero attached hydrogens (tertiary/aromatic N) is 3. The summed E-state index contributed by atoms with van der Waals surface area (Å²) >= 11 is 1.15. The molecule has 26 heavy (non-hydrogen) atoms. The second-order valence-electron chi connectivity index (χ2n) is 6.26. The highest BCUT2D eigenvalue weighted by atomic mass is 32.2. The molecule has 1 saturated carbocycles. The highest BCUT2D eigenvalue weighted by Gasteiger charge is 2.24. The Hall–Kier alpha value is -2.42. The maximum atomic E-state index is 12.4. The molecule has 1 aliphatic rings. The summed E-state index contributed by atoms with van der Waals surface area (Å²) < 4.78 is 5.71. The molecular weight excluding hydrogens is 356 g/mol. The van der Waals surface area contributed by atoms with E-state index in [0.717, 1.165) is 24.6 Å². The first-order valence-electron chi connectivity index (χ1n) is 8.59. The van der Waals surface area contributed by atoms with E-state index in [1.54, 1.807) is 19.1 Å². The molecule has 8 nitrogen and oxygen atoms in total. The van der Waals surface area contributed by atoms with Crippen molar-refractivity contribution in [2.24, 2.45) is 0 Å². The molecule has 2 aromatic rings. The van der Waals surface area contributed by atoms with E-state index in [1.807, 2.05) is 0 Å². The molecule has 1 aliphatic carbocycles. The number of benzene rings is 1. The number of carbonyl (C=O) groups is 1. The first-order valence-corrected chi connectivity index (χ1v) is 9.47. The molecule has 1 atom stereocenters. The van der Waals surface area contributed by atoms with Gasteiger partial charge in [0.25, 0.3) is 10.9 Å². The first kappa shape index (κ1) is 18.4. The largest absolute Gasteiger partial charge is 0.416 e. The van der Waals surface area contributed by atoms with Gasteiger partial charge in [0.05, 0.1) is 10.2 Å². The Morgan fingerprint density at radius 2 is 2.04 bits per heavy atom. The fourth-order valence-corrected chi connectivity index (χ4v) is 3.65. The van der Waals surface area contributed by atoms with E-state index in [-0.39, 0.29) is 17.3 Å². The zero-order chi connectivity index (χ0) is 18.5. The molecule has 0 unspecified atom stereocenters. The van der Waals surface area contributed by atoms with E-state index in [4.69, 9.17) is 4.42 Å². The minimum Gasteiger partial charge on any atom is -0.416 e. The average Bonchev–Trinajstić information content (AvgIpc) is 3.11. The van der Waals surface area contributed by atoms with Crippen molar-refractivity contribution in [1.82, 2.24) is 10.2 Å². The normalized spacial score (nSPS) is 16.2. The summed E-state index contributed by atoms with van der Waals surface area (Å²) in [5.41, 5.74) is 0.0267. The molecule has 1 aromatic carbocycles. The molecule has 1 fully saturated rings. The van der Waals surface area contributed by atoms with Crippen LogP contribution in [0, 0.1) is 10.1 Å². The van der Waals surface area contributed by atoms with Crippen LogP contribution in [0.1, 0.15) is 50.8 Å². The molecule has 0 aliphatic heterocycles. The van der Waals surface area contributed by atoms with Gasteiger partial charge in [-0.1, -0.05) is 43.2 Å². The van der Waals surface area contributed by atoms with Gasteiger partial charge in [-0.3, -0.25) is 14.9 Å². The van der Waals surface area contributed by atoms with Gasteiger partial charge in [-0.2, -0.15) is 0 Å². The van der Waals surface area contributed by atoms with Gasteiger partial charge in [0.2, 0.25) is 11.8 Å². The van der Waals surface area contributed by atoms with Crippen molar-refractivity contribution in [3.63, 3.8) is 0 Å². The van der Waals surface area contributed by atoms with Crippen molar-refractivity contribution in [3.8, 4) is 0 Å². The number of thioether (sulfide) groups is 1. The van der Waals surface area contributed by atoms with Gasteiger partial charge in [0, 0.05) is 12.0 Å². The minimum atomic E-state index is -0.533. The molecule has 138 valence electrons. The van der Waals surface area contributed by atoms with E-state index in [1.165, 1.54) is 31.4 Å². The van der Waals surface area contributed by atoms with Crippen LogP contribution in [0.5, 0.6) is 0 Å². The van der Waals surface area contributed by atoms with Crippen molar-refractivity contribution in [2.45, 2.75) is 55.4 Å². The van der Waals surface area contributed by atoms with Crippen molar-refractivity contribution in [2.75, 3.05) is 5.32 Å². The fraction of sp³-hybridized carbons (Fsp3) is 0.471. The smallest absolute Gasteiger partial charge is 0.292 e. The highest BCUT2D eigenvalue weighted by Crippen LogP contribution is 2.34. The molecule has 1 heterocycles. The Labute approximate surface area is 154 Å². The van der Waals surface area contributed by atoms with E-state index in [0.29, 0.717) is 17.0 Å². The number of nitro groups is 1. The lowest BCUT2D eigenvalue weighted by Crippen LogP contribution is -2.22. The first-order chi connectivity index (χ1) is 12.5. The van der Waals surface area contributed by atoms with Gasteiger partial charge in [0.1, 0.15) is 5.69 Å². The third-order valence-electron chi connectivity index (χ3n) is 4.38. The summed E-state index contributed by atoms with van der Waals surface area (Å²) in [6.07, 6.45) is 5.70. The molecule has 0 saturated heterocycles. The summed E-state index contributed by atoms with van der Waals surface area (Å²) in [4.78, 5) is 22.9. The van der Waals surface area contributed by atoms with E-state index in [2.05, 4.69) is 15.5 Å². The van der Waals surface area contributed by atoms with Crippen LogP contribution in [0.15, 0.2) is 33.9 Å². The molecule has 0 radical (unpaired) electrons. The van der Waals surface area contributed by atoms with E-state index < -0.39 is 10.2 Å². The van der Waals surface area contributed by atoms with Crippen molar-refractivity contribution in [1.29, 1.82) is 0 Å². The van der Waals surface area contributed by atoms with Crippen LogP contribution in [0.4, 0.5) is 11.4 Å². The number of aromatic nitrogens is 2. The van der Waals surface area contributed by atoms with Crippen LogP contribution in [-0.2, 0) is 4.79 Å². The maximum absolute atomic E-state index is 12.4. The number of hydrogen-bond acceptors (Lipinski definition) is 7. The number of anilines is 1. The van der Waals surface area contributed by atoms with Crippen LogP contribution in [-0.4, -0.2) is 26.3 Å². The lowest BCUT2D eigenvalue weighted by atomic mass is 9.89. The standard InChI is InChI=1S/C17H20N4O4S/c1-11(15(22)18-13-9-5-6-10-14(13)21(23)24)26-17-20-19-16(25-17)12-7-3-2-4-8-12/h5-6,9-12H,2-4,7-8H2,1H3,(H,18,22)/t11-/m0/s1. The quantitative estimate of drug-likeness (QED) is 0.458. The average molecular weight is 376 g/mol. The minimum absolute atomic E-state index is 0.143. The van der Waals surface area contributed by atoms with E-state index in [9.17, 15) is 14.9 Å². The monoisotopic (exact) mass is 376 g/mol. The number of nitro benzene ring substituents is 1. The van der Waals surface area contributed by atoms with Crippen molar-refractivity contribution >= 4 is 29.0 Å². The zero-order valence-electron chi connectivity index (χ0n) is 14.4. The highest BCUT2D eigenvalue weighted by molar-refractivity contribution is 8.00. The third-order valence-corrected chi connectivity index (χ3v) is 5.32. The Balaban J connectivity index is 1.61. The zero-order valence-corrected chi connectivity index (χ0v) is 15.2. The molecular formula is C17H20N4O4S. The Kier molecular flexibility index (Phi) is 5.87. The second-order valence-corrected chi connectivity index (χ2v) is 7.56. The SMILES string of the molecule is C[C@H](Sc1nnc(C2CCCCC2)o1)C(=O)Nc1ccccc1[N+](=O)[O-]. The summed E-state index contributed by atoms with van der Waals surface area (Å²) in [5.74, 6) is 0.585. The summed E-state index contributed by atoms with van der Waals surface area (Å²) in [7, 11) is 0. The second kappa shape index (κ2) is 8.31. The molecule has 9 heteroatoms. The lowest BCUT2D eigenvalue weighted by Gasteiger charge is -2.17. The number of hydrogen-bond donors (Lipinski definition) is 1. The Bertz CT molecular complexity index is 789. The molecule has 1 N–H and O–H groups in total. The molecule has 1 aromatic heterocycles. The molecule has 0 spiro atoms. The van der Waals surface area contributed by atoms with Gasteiger partial charge in [-0.05, 0) is 25.8 Å². The summed E-state index contributed by atoms with van der Waals surface area (Å²) in [6.45, 7) is 1.69. The van der Waals surface area contributed by atoms with Crippen molar-refractivity contribution < 1.29 is 14.1 Å². The number of rotatable bonds is 6. The van der Waals surface area contributed by atoms with Gasteiger partial charge >= 0.3 is 0 Å². The Morgan fingerprint density at radius 3 is 2.77 bits per heavy atom. The molecule has 3 rings (SSSR count). The third kappa shape index (κ3) is 4.40. The Morgan fingerprint density at radius 1 is 1.31 bits per heavy atom. The van der Waals surface area contributed by atoms with Crippen molar-refractivity contribution in [3.05, 3.63) is 40.3 Å². The number of nitrogens with one attached hydrogen (secondary N) is 1. The number of carbonyl (C=O) groups excluding carboxylic acids is 1. The topological polar surface area (TPSA) is 111 Å². The van der Waals surface area contributed by atoms with Crippen LogP contribution in [0.25, 0.3) is 0 Å². The van der Waals surface area contributed by atoms with Gasteiger partial charge in [0.15, 0.2) is 0 Å². The van der Waals surface area contributed by atoms with Gasteiger partial charge in [-0.25, -0.2) is 0 Å². The van der Waals surface area contributed by atoms with Gasteiger partial charge in [-0.15, -0.1) is 10.2 Å². The van der Waals surface area contributed by atoms with E-state index >= 15 is 0 Å². The lowest BCUT2D eigenvalue weighted by molar-refractivity contribution is -0.383. The van der Waals surface area contributed by atoms with Crippen LogP contribution in [0.3, 0.4) is 0 Å². The van der Waals surface area contributed by atoms with Crippen LogP contribution in [0.2, 0.25) is 0 Å². The summed E-state index contributed by atoms with van der Waals surface area (Å²) in [5, 5.41) is 21.6. The molecule has 1 amide bonds. The van der Waals surface area contributed by atoms with Crippen LogP contribution < -0.4 is 5.32 Å². The number of para-hydroxylation sites is 2. The summed E-state index contributed by atoms with van der Waals surface area (Å²) in [6, 6.07) is 6.04. The predicted octanol–water partition coefficient (Wildman–Crippen LogP) is 4.14. The number of amides is 1. The van der Waals surface area contributed by atoms with Gasteiger partial charge < -0.3 is 9.73 Å². The fourth-order valence-electron chi connectivity index (χ4n) is 2.96.